The van der Waals surface area contributed by atoms with E-state index >= 15 is 0 Å². The van der Waals surface area contributed by atoms with E-state index in [1.165, 1.54) is 5.48 Å². The van der Waals surface area contributed by atoms with Crippen molar-refractivity contribution >= 4 is 11.8 Å². The SMILES string of the molecule is CC(C)(N)[C@@H](NC(=O)c1ccc(C#CC#CC2CC2)cc1)C(=O)NO. The summed E-state index contributed by atoms with van der Waals surface area (Å²) in [6, 6.07) is 5.53. The molecule has 25 heavy (non-hydrogen) atoms. The van der Waals surface area contributed by atoms with Crippen molar-refractivity contribution in [1.29, 1.82) is 0 Å². The quantitative estimate of drug-likeness (QED) is 0.370. The van der Waals surface area contributed by atoms with Crippen molar-refractivity contribution in [2.24, 2.45) is 11.7 Å². The number of rotatable bonds is 4. The van der Waals surface area contributed by atoms with Crippen LogP contribution in [0.3, 0.4) is 0 Å². The maximum Gasteiger partial charge on any atom is 0.267 e. The van der Waals surface area contributed by atoms with E-state index in [-0.39, 0.29) is 0 Å². The number of carbonyl (C=O) groups excluding carboxylic acids is 2. The van der Waals surface area contributed by atoms with E-state index < -0.39 is 23.4 Å². The molecule has 1 aliphatic carbocycles. The van der Waals surface area contributed by atoms with Crippen LogP contribution in [0.1, 0.15) is 42.6 Å². The highest BCUT2D eigenvalue weighted by atomic mass is 16.5. The first-order valence-electron chi connectivity index (χ1n) is 7.96. The Morgan fingerprint density at radius 3 is 2.40 bits per heavy atom. The van der Waals surface area contributed by atoms with Crippen molar-refractivity contribution in [3.8, 4) is 23.7 Å². The summed E-state index contributed by atoms with van der Waals surface area (Å²) in [7, 11) is 0. The van der Waals surface area contributed by atoms with Crippen molar-refractivity contribution in [2.75, 3.05) is 0 Å². The summed E-state index contributed by atoms with van der Waals surface area (Å²) < 4.78 is 0. The van der Waals surface area contributed by atoms with Gasteiger partial charge in [0.25, 0.3) is 11.8 Å². The highest BCUT2D eigenvalue weighted by Gasteiger charge is 2.33. The summed E-state index contributed by atoms with van der Waals surface area (Å²) in [5.41, 5.74) is 7.45. The second-order valence-electron chi connectivity index (χ2n) is 6.57. The number of hydroxylamine groups is 1. The van der Waals surface area contributed by atoms with Gasteiger partial charge in [0.1, 0.15) is 6.04 Å². The molecule has 6 heteroatoms. The van der Waals surface area contributed by atoms with Crippen LogP contribution in [0.5, 0.6) is 0 Å². The molecule has 1 aromatic carbocycles. The third-order valence-corrected chi connectivity index (χ3v) is 3.66. The number of nitrogens with one attached hydrogen (secondary N) is 2. The van der Waals surface area contributed by atoms with Crippen LogP contribution in [-0.4, -0.2) is 28.6 Å². The lowest BCUT2D eigenvalue weighted by Gasteiger charge is -2.29. The molecule has 0 saturated heterocycles. The van der Waals surface area contributed by atoms with E-state index in [2.05, 4.69) is 29.0 Å². The molecule has 0 radical (unpaired) electrons. The van der Waals surface area contributed by atoms with E-state index in [1.54, 1.807) is 38.1 Å². The second kappa shape index (κ2) is 7.85. The Hall–Kier alpha value is -2.80. The molecule has 1 atom stereocenters. The van der Waals surface area contributed by atoms with Crippen LogP contribution in [0.25, 0.3) is 0 Å². The monoisotopic (exact) mass is 339 g/mol. The normalized spacial score (nSPS) is 14.2. The van der Waals surface area contributed by atoms with Gasteiger partial charge in [0, 0.05) is 22.6 Å². The van der Waals surface area contributed by atoms with Gasteiger partial charge in [0.2, 0.25) is 0 Å². The van der Waals surface area contributed by atoms with E-state index in [1.807, 2.05) is 0 Å². The van der Waals surface area contributed by atoms with Gasteiger partial charge in [-0.1, -0.05) is 11.8 Å². The van der Waals surface area contributed by atoms with E-state index in [0.29, 0.717) is 11.5 Å². The molecule has 5 N–H and O–H groups in total. The van der Waals surface area contributed by atoms with Gasteiger partial charge in [-0.2, -0.15) is 0 Å². The third-order valence-electron chi connectivity index (χ3n) is 3.66. The van der Waals surface area contributed by atoms with Crippen LogP contribution in [0, 0.1) is 29.6 Å². The summed E-state index contributed by atoms with van der Waals surface area (Å²) in [4.78, 5) is 24.0. The van der Waals surface area contributed by atoms with Gasteiger partial charge in [-0.25, -0.2) is 5.48 Å². The fraction of sp³-hybridized carbons (Fsp3) is 0.368. The first kappa shape index (κ1) is 18.5. The van der Waals surface area contributed by atoms with Crippen LogP contribution >= 0.6 is 0 Å². The largest absolute Gasteiger partial charge is 0.338 e. The Balaban J connectivity index is 2.04. The van der Waals surface area contributed by atoms with Gasteiger partial charge >= 0.3 is 0 Å². The molecule has 0 unspecified atom stereocenters. The molecule has 0 spiro atoms. The molecule has 0 aromatic heterocycles. The molecule has 6 nitrogen and oxygen atoms in total. The molecule has 1 saturated carbocycles. The second-order valence-corrected chi connectivity index (χ2v) is 6.57. The summed E-state index contributed by atoms with van der Waals surface area (Å²) in [5.74, 6) is 10.8. The zero-order chi connectivity index (χ0) is 18.4. The fourth-order valence-corrected chi connectivity index (χ4v) is 2.04. The first-order valence-corrected chi connectivity index (χ1v) is 7.96. The highest BCUT2D eigenvalue weighted by Crippen LogP contribution is 2.27. The molecular formula is C19H21N3O3. The lowest BCUT2D eigenvalue weighted by molar-refractivity contribution is -0.132. The Morgan fingerprint density at radius 2 is 1.88 bits per heavy atom. The van der Waals surface area contributed by atoms with Crippen molar-refractivity contribution in [2.45, 2.75) is 38.3 Å². The Labute approximate surface area is 147 Å². The molecular weight excluding hydrogens is 318 g/mol. The Bertz CT molecular complexity index is 767. The van der Waals surface area contributed by atoms with Crippen LogP contribution in [0.15, 0.2) is 24.3 Å². The molecule has 0 aliphatic heterocycles. The topological polar surface area (TPSA) is 104 Å². The smallest absolute Gasteiger partial charge is 0.267 e. The summed E-state index contributed by atoms with van der Waals surface area (Å²) >= 11 is 0. The molecule has 1 aromatic rings. The van der Waals surface area contributed by atoms with E-state index in [0.717, 1.165) is 18.4 Å². The Morgan fingerprint density at radius 1 is 1.24 bits per heavy atom. The van der Waals surface area contributed by atoms with Crippen LogP contribution in [-0.2, 0) is 4.79 Å². The van der Waals surface area contributed by atoms with Crippen molar-refractivity contribution in [1.82, 2.24) is 10.8 Å². The van der Waals surface area contributed by atoms with Gasteiger partial charge in [-0.15, -0.1) is 0 Å². The molecule has 0 bridgehead atoms. The fourth-order valence-electron chi connectivity index (χ4n) is 2.04. The van der Waals surface area contributed by atoms with Crippen LogP contribution < -0.4 is 16.5 Å². The lowest BCUT2D eigenvalue weighted by Crippen LogP contribution is -2.61. The maximum absolute atomic E-state index is 12.3. The zero-order valence-corrected chi connectivity index (χ0v) is 14.2. The van der Waals surface area contributed by atoms with Gasteiger partial charge in [0.15, 0.2) is 0 Å². The zero-order valence-electron chi connectivity index (χ0n) is 14.2. The molecule has 1 aliphatic rings. The minimum atomic E-state index is -1.08. The average molecular weight is 339 g/mol. The van der Waals surface area contributed by atoms with Gasteiger partial charge in [0.05, 0.1) is 0 Å². The molecule has 2 amide bonds. The van der Waals surface area contributed by atoms with E-state index in [4.69, 9.17) is 10.9 Å². The summed E-state index contributed by atoms with van der Waals surface area (Å²) in [6.07, 6.45) is 2.32. The predicted molar refractivity (Wildman–Crippen MR) is 93.3 cm³/mol. The first-order chi connectivity index (χ1) is 11.8. The Kier molecular flexibility index (Phi) is 5.82. The standard InChI is InChI=1S/C19H21N3O3/c1-19(2,20)16(18(24)22-25)21-17(23)15-11-9-14(10-12-15)6-4-3-5-13-7-8-13/h9-13,16,25H,7-8,20H2,1-2H3,(H,21,23)(H,22,24)/t16-/m0/s1. The predicted octanol–water partition coefficient (Wildman–Crippen LogP) is 0.793. The van der Waals surface area contributed by atoms with Crippen molar-refractivity contribution in [3.63, 3.8) is 0 Å². The molecule has 2 rings (SSSR count). The minimum Gasteiger partial charge on any atom is -0.338 e. The molecule has 130 valence electrons. The van der Waals surface area contributed by atoms with Gasteiger partial charge in [-0.3, -0.25) is 14.8 Å². The highest BCUT2D eigenvalue weighted by molar-refractivity contribution is 5.97. The number of benzene rings is 1. The summed E-state index contributed by atoms with van der Waals surface area (Å²) in [6.45, 7) is 3.16. The molecule has 1 fully saturated rings. The van der Waals surface area contributed by atoms with Crippen LogP contribution in [0.4, 0.5) is 0 Å². The minimum absolute atomic E-state index is 0.356. The number of hydrogen-bond acceptors (Lipinski definition) is 4. The van der Waals surface area contributed by atoms with Crippen molar-refractivity contribution < 1.29 is 14.8 Å². The van der Waals surface area contributed by atoms with Crippen LogP contribution in [0.2, 0.25) is 0 Å². The number of carbonyl (C=O) groups is 2. The van der Waals surface area contributed by atoms with E-state index in [9.17, 15) is 9.59 Å². The third kappa shape index (κ3) is 5.65. The lowest BCUT2D eigenvalue weighted by atomic mass is 9.95. The summed E-state index contributed by atoms with van der Waals surface area (Å²) in [5, 5.41) is 11.3. The van der Waals surface area contributed by atoms with Gasteiger partial charge < -0.3 is 11.1 Å². The molecule has 0 heterocycles. The maximum atomic E-state index is 12.3. The number of amides is 2. The number of hydrogen-bond donors (Lipinski definition) is 4. The average Bonchev–Trinajstić information content (AvgIpc) is 3.39. The number of nitrogens with two attached hydrogens (primary N) is 1. The van der Waals surface area contributed by atoms with Crippen molar-refractivity contribution in [3.05, 3.63) is 35.4 Å². The van der Waals surface area contributed by atoms with Gasteiger partial charge in [-0.05, 0) is 62.8 Å².